The van der Waals surface area contributed by atoms with Crippen molar-refractivity contribution in [3.63, 3.8) is 0 Å². The molecule has 1 aliphatic rings. The normalized spacial score (nSPS) is 16.2. The van der Waals surface area contributed by atoms with Crippen molar-refractivity contribution in [1.82, 2.24) is 14.7 Å². The van der Waals surface area contributed by atoms with Crippen molar-refractivity contribution >= 4 is 11.7 Å². The van der Waals surface area contributed by atoms with Gasteiger partial charge in [-0.1, -0.05) is 24.3 Å². The van der Waals surface area contributed by atoms with Crippen molar-refractivity contribution in [3.05, 3.63) is 47.8 Å². The molecule has 0 bridgehead atoms. The average Bonchev–Trinajstić information content (AvgIpc) is 3.15. The minimum Gasteiger partial charge on any atom is -0.396 e. The maximum Gasteiger partial charge on any atom is 0.322 e. The number of hydrogen-bond acceptors (Lipinski definition) is 3. The van der Waals surface area contributed by atoms with E-state index >= 15 is 0 Å². The molecular formula is C17H22N4O2. The molecule has 0 aliphatic heterocycles. The number of rotatable bonds is 5. The second-order valence-electron chi connectivity index (χ2n) is 5.86. The standard InChI is InChI=1S/C17H22N4O2/c1-20-12-14(11-18-20)19-17(23)21(9-4-10-22)16-8-7-13-5-2-3-6-15(13)16/h2-3,5-6,11-12,16,22H,4,7-10H2,1H3,(H,19,23). The molecule has 6 nitrogen and oxygen atoms in total. The summed E-state index contributed by atoms with van der Waals surface area (Å²) in [6.45, 7) is 0.604. The molecule has 3 rings (SSSR count). The lowest BCUT2D eigenvalue weighted by molar-refractivity contribution is 0.177. The third kappa shape index (κ3) is 3.37. The smallest absolute Gasteiger partial charge is 0.322 e. The molecule has 2 N–H and O–H groups in total. The first kappa shape index (κ1) is 15.6. The van der Waals surface area contributed by atoms with Crippen LogP contribution in [0.15, 0.2) is 36.7 Å². The molecule has 0 saturated carbocycles. The largest absolute Gasteiger partial charge is 0.396 e. The predicted molar refractivity (Wildman–Crippen MR) is 88.1 cm³/mol. The van der Waals surface area contributed by atoms with Crippen molar-refractivity contribution in [2.24, 2.45) is 7.05 Å². The Morgan fingerprint density at radius 3 is 3.04 bits per heavy atom. The summed E-state index contributed by atoms with van der Waals surface area (Å²) in [6, 6.07) is 8.19. The summed E-state index contributed by atoms with van der Waals surface area (Å²) < 4.78 is 1.65. The second kappa shape index (κ2) is 6.83. The Hall–Kier alpha value is -2.34. The van der Waals surface area contributed by atoms with Gasteiger partial charge in [0.1, 0.15) is 0 Å². The molecule has 23 heavy (non-hydrogen) atoms. The number of aryl methyl sites for hydroxylation is 2. The maximum atomic E-state index is 12.7. The highest BCUT2D eigenvalue weighted by Gasteiger charge is 2.30. The van der Waals surface area contributed by atoms with Gasteiger partial charge in [-0.25, -0.2) is 4.79 Å². The topological polar surface area (TPSA) is 70.4 Å². The van der Waals surface area contributed by atoms with Gasteiger partial charge >= 0.3 is 6.03 Å². The third-order valence-electron chi connectivity index (χ3n) is 4.25. The highest BCUT2D eigenvalue weighted by Crippen LogP contribution is 2.36. The molecule has 6 heteroatoms. The minimum absolute atomic E-state index is 0.0643. The summed E-state index contributed by atoms with van der Waals surface area (Å²) in [5.41, 5.74) is 3.20. The lowest BCUT2D eigenvalue weighted by Gasteiger charge is -2.29. The van der Waals surface area contributed by atoms with Crippen LogP contribution in [0.5, 0.6) is 0 Å². The zero-order chi connectivity index (χ0) is 16.2. The van der Waals surface area contributed by atoms with E-state index in [-0.39, 0.29) is 18.7 Å². The van der Waals surface area contributed by atoms with Crippen molar-refractivity contribution in [2.45, 2.75) is 25.3 Å². The monoisotopic (exact) mass is 314 g/mol. The molecule has 0 spiro atoms. The molecule has 0 saturated heterocycles. The number of aliphatic hydroxyl groups is 1. The summed E-state index contributed by atoms with van der Waals surface area (Å²) >= 11 is 0. The summed E-state index contributed by atoms with van der Waals surface area (Å²) in [5.74, 6) is 0. The molecule has 122 valence electrons. The lowest BCUT2D eigenvalue weighted by Crippen LogP contribution is -2.38. The molecule has 1 atom stereocenters. The van der Waals surface area contributed by atoms with Crippen molar-refractivity contribution in [3.8, 4) is 0 Å². The third-order valence-corrected chi connectivity index (χ3v) is 4.25. The number of carbonyl (C=O) groups is 1. The van der Waals surface area contributed by atoms with Crippen LogP contribution in [0.4, 0.5) is 10.5 Å². The molecule has 1 aromatic carbocycles. The lowest BCUT2D eigenvalue weighted by atomic mass is 10.1. The van der Waals surface area contributed by atoms with Crippen LogP contribution >= 0.6 is 0 Å². The first-order valence-corrected chi connectivity index (χ1v) is 7.94. The Morgan fingerprint density at radius 1 is 1.48 bits per heavy atom. The highest BCUT2D eigenvalue weighted by atomic mass is 16.3. The molecule has 2 amide bonds. The molecule has 0 radical (unpaired) electrons. The molecule has 1 unspecified atom stereocenters. The van der Waals surface area contributed by atoms with Crippen molar-refractivity contribution in [1.29, 1.82) is 0 Å². The summed E-state index contributed by atoms with van der Waals surface area (Å²) in [7, 11) is 1.81. The van der Waals surface area contributed by atoms with E-state index < -0.39 is 0 Å². The molecule has 1 aromatic heterocycles. The van der Waals surface area contributed by atoms with Crippen LogP contribution in [0.25, 0.3) is 0 Å². The van der Waals surface area contributed by atoms with Crippen molar-refractivity contribution in [2.75, 3.05) is 18.5 Å². The van der Waals surface area contributed by atoms with Gasteiger partial charge in [0.25, 0.3) is 0 Å². The predicted octanol–water partition coefficient (Wildman–Crippen LogP) is 2.32. The molecule has 1 aliphatic carbocycles. The number of nitrogens with one attached hydrogen (secondary N) is 1. The van der Waals surface area contributed by atoms with E-state index in [1.165, 1.54) is 11.1 Å². The zero-order valence-corrected chi connectivity index (χ0v) is 13.3. The molecular weight excluding hydrogens is 292 g/mol. The SMILES string of the molecule is Cn1cc(NC(=O)N(CCCO)C2CCc3ccccc32)cn1. The Balaban J connectivity index is 1.79. The fraction of sp³-hybridized carbons (Fsp3) is 0.412. The molecule has 2 aromatic rings. The van der Waals surface area contributed by atoms with E-state index in [9.17, 15) is 4.79 Å². The van der Waals surface area contributed by atoms with Crippen LogP contribution in [0, 0.1) is 0 Å². The first-order chi connectivity index (χ1) is 11.2. The number of carbonyl (C=O) groups excluding carboxylic acids is 1. The fourth-order valence-electron chi connectivity index (χ4n) is 3.18. The number of aromatic nitrogens is 2. The Kier molecular flexibility index (Phi) is 4.62. The van der Waals surface area contributed by atoms with E-state index in [0.29, 0.717) is 18.7 Å². The number of aliphatic hydroxyl groups excluding tert-OH is 1. The minimum atomic E-state index is -0.145. The van der Waals surface area contributed by atoms with Gasteiger partial charge in [0.2, 0.25) is 0 Å². The fourth-order valence-corrected chi connectivity index (χ4v) is 3.18. The molecule has 0 fully saturated rings. The van der Waals surface area contributed by atoms with Crippen molar-refractivity contribution < 1.29 is 9.90 Å². The number of nitrogens with zero attached hydrogens (tertiary/aromatic N) is 3. The van der Waals surface area contributed by atoms with Crippen LogP contribution in [-0.4, -0.2) is 39.0 Å². The van der Waals surface area contributed by atoms with E-state index in [1.807, 2.05) is 24.1 Å². The number of urea groups is 1. The van der Waals surface area contributed by atoms with E-state index in [2.05, 4.69) is 22.5 Å². The second-order valence-corrected chi connectivity index (χ2v) is 5.86. The average molecular weight is 314 g/mol. The van der Waals surface area contributed by atoms with E-state index in [4.69, 9.17) is 5.11 Å². The van der Waals surface area contributed by atoms with Crippen LogP contribution in [-0.2, 0) is 13.5 Å². The summed E-state index contributed by atoms with van der Waals surface area (Å²) in [4.78, 5) is 14.5. The summed E-state index contributed by atoms with van der Waals surface area (Å²) in [5, 5.41) is 16.1. The van der Waals surface area contributed by atoms with Gasteiger partial charge in [-0.2, -0.15) is 5.10 Å². The van der Waals surface area contributed by atoms with Gasteiger partial charge in [-0.05, 0) is 30.4 Å². The van der Waals surface area contributed by atoms with Gasteiger partial charge in [0.15, 0.2) is 0 Å². The van der Waals surface area contributed by atoms with Crippen LogP contribution in [0.1, 0.15) is 30.0 Å². The van der Waals surface area contributed by atoms with Gasteiger partial charge < -0.3 is 15.3 Å². The zero-order valence-electron chi connectivity index (χ0n) is 13.3. The van der Waals surface area contributed by atoms with Gasteiger partial charge in [-0.15, -0.1) is 0 Å². The number of hydrogen-bond donors (Lipinski definition) is 2. The van der Waals surface area contributed by atoms with Gasteiger partial charge in [-0.3, -0.25) is 4.68 Å². The Labute approximate surface area is 135 Å². The van der Waals surface area contributed by atoms with Gasteiger partial charge in [0, 0.05) is 26.4 Å². The van der Waals surface area contributed by atoms with Crippen LogP contribution < -0.4 is 5.32 Å². The first-order valence-electron chi connectivity index (χ1n) is 7.94. The summed E-state index contributed by atoms with van der Waals surface area (Å²) in [6.07, 6.45) is 5.87. The highest BCUT2D eigenvalue weighted by molar-refractivity contribution is 5.89. The van der Waals surface area contributed by atoms with E-state index in [1.54, 1.807) is 17.1 Å². The number of anilines is 1. The number of fused-ring (bicyclic) bond motifs is 1. The van der Waals surface area contributed by atoms with Crippen LogP contribution in [0.3, 0.4) is 0 Å². The Bertz CT molecular complexity index is 683. The molecule has 1 heterocycles. The van der Waals surface area contributed by atoms with Crippen LogP contribution in [0.2, 0.25) is 0 Å². The number of amides is 2. The van der Waals surface area contributed by atoms with E-state index in [0.717, 1.165) is 12.8 Å². The quantitative estimate of drug-likeness (QED) is 0.890. The maximum absolute atomic E-state index is 12.7. The van der Waals surface area contributed by atoms with Gasteiger partial charge in [0.05, 0.1) is 17.9 Å². The Morgan fingerprint density at radius 2 is 2.30 bits per heavy atom. The number of benzene rings is 1.